The molecule has 0 saturated carbocycles. The van der Waals surface area contributed by atoms with E-state index in [4.69, 9.17) is 23.2 Å². The van der Waals surface area contributed by atoms with Crippen LogP contribution in [0.15, 0.2) is 24.3 Å². The van der Waals surface area contributed by atoms with Gasteiger partial charge in [-0.1, -0.05) is 29.3 Å². The Morgan fingerprint density at radius 1 is 1.08 bits per heavy atom. The second-order valence-corrected chi connectivity index (χ2v) is 5.45. The Kier molecular flexibility index (Phi) is 5.36. The molecule has 0 aliphatic carbocycles. The molecule has 0 atom stereocenters. The number of benzene rings is 2. The summed E-state index contributed by atoms with van der Waals surface area (Å²) in [5.41, 5.74) is -1.06. The molecule has 0 spiro atoms. The van der Waals surface area contributed by atoms with Gasteiger partial charge in [0.15, 0.2) is 5.82 Å². The second kappa shape index (κ2) is 7.11. The minimum absolute atomic E-state index is 0.0863. The summed E-state index contributed by atoms with van der Waals surface area (Å²) in [6, 6.07) is 2.65. The Hall–Kier alpha value is -2.25. The van der Waals surface area contributed by atoms with Crippen LogP contribution < -0.4 is 10.6 Å². The molecule has 126 valence electrons. The van der Waals surface area contributed by atoms with Gasteiger partial charge in [0.1, 0.15) is 17.2 Å². The first-order valence-corrected chi connectivity index (χ1v) is 7.18. The average molecular weight is 377 g/mol. The molecule has 2 N–H and O–H groups in total. The molecule has 2 aromatic rings. The van der Waals surface area contributed by atoms with Crippen molar-refractivity contribution in [2.75, 3.05) is 5.32 Å². The van der Waals surface area contributed by atoms with Crippen LogP contribution in [0, 0.1) is 24.4 Å². The lowest BCUT2D eigenvalue weighted by Crippen LogP contribution is -2.35. The monoisotopic (exact) mass is 376 g/mol. The fourth-order valence-electron chi connectivity index (χ4n) is 1.81. The highest BCUT2D eigenvalue weighted by atomic mass is 35.5. The van der Waals surface area contributed by atoms with Gasteiger partial charge in [0.25, 0.3) is 5.91 Å². The SMILES string of the molecule is Cc1c(Cl)cc(NC(=O)NC(=O)c2c(F)cccc2F)c(F)c1Cl. The van der Waals surface area contributed by atoms with Gasteiger partial charge in [0.05, 0.1) is 10.7 Å². The predicted molar refractivity (Wildman–Crippen MR) is 84.0 cm³/mol. The van der Waals surface area contributed by atoms with Crippen LogP contribution in [0.3, 0.4) is 0 Å². The molecule has 0 unspecified atom stereocenters. The van der Waals surface area contributed by atoms with E-state index in [0.717, 1.165) is 24.3 Å². The summed E-state index contributed by atoms with van der Waals surface area (Å²) in [5, 5.41) is 3.47. The van der Waals surface area contributed by atoms with E-state index < -0.39 is 40.6 Å². The molecule has 0 heterocycles. The summed E-state index contributed by atoms with van der Waals surface area (Å²) in [7, 11) is 0. The lowest BCUT2D eigenvalue weighted by molar-refractivity contribution is 0.0959. The van der Waals surface area contributed by atoms with Crippen LogP contribution in [0.1, 0.15) is 15.9 Å². The number of anilines is 1. The smallest absolute Gasteiger partial charge is 0.305 e. The number of halogens is 5. The van der Waals surface area contributed by atoms with E-state index in [1.165, 1.54) is 6.92 Å². The van der Waals surface area contributed by atoms with Gasteiger partial charge in [-0.05, 0) is 30.7 Å². The van der Waals surface area contributed by atoms with Gasteiger partial charge < -0.3 is 5.32 Å². The van der Waals surface area contributed by atoms with Crippen molar-refractivity contribution in [3.63, 3.8) is 0 Å². The topological polar surface area (TPSA) is 58.2 Å². The maximum absolute atomic E-state index is 14.0. The van der Waals surface area contributed by atoms with Crippen LogP contribution in [-0.4, -0.2) is 11.9 Å². The summed E-state index contributed by atoms with van der Waals surface area (Å²) in [6.07, 6.45) is 0. The third kappa shape index (κ3) is 3.63. The van der Waals surface area contributed by atoms with Crippen LogP contribution in [0.5, 0.6) is 0 Å². The Morgan fingerprint density at radius 3 is 2.25 bits per heavy atom. The minimum atomic E-state index is -1.33. The third-order valence-corrected chi connectivity index (χ3v) is 3.89. The third-order valence-electron chi connectivity index (χ3n) is 3.05. The highest BCUT2D eigenvalue weighted by Gasteiger charge is 2.21. The van der Waals surface area contributed by atoms with Crippen molar-refractivity contribution in [2.24, 2.45) is 0 Å². The van der Waals surface area contributed by atoms with Gasteiger partial charge in [-0.3, -0.25) is 10.1 Å². The van der Waals surface area contributed by atoms with Crippen LogP contribution >= 0.6 is 23.2 Å². The van der Waals surface area contributed by atoms with E-state index in [-0.39, 0.29) is 15.6 Å². The molecule has 0 radical (unpaired) electrons. The molecule has 0 aliphatic rings. The van der Waals surface area contributed by atoms with Gasteiger partial charge in [-0.25, -0.2) is 18.0 Å². The van der Waals surface area contributed by atoms with Crippen LogP contribution in [0.2, 0.25) is 10.0 Å². The molecule has 2 aromatic carbocycles. The second-order valence-electron chi connectivity index (χ2n) is 4.66. The van der Waals surface area contributed by atoms with Crippen molar-refractivity contribution in [1.82, 2.24) is 5.32 Å². The van der Waals surface area contributed by atoms with E-state index in [1.807, 2.05) is 5.32 Å². The van der Waals surface area contributed by atoms with E-state index in [1.54, 1.807) is 5.32 Å². The van der Waals surface area contributed by atoms with Crippen molar-refractivity contribution in [3.8, 4) is 0 Å². The zero-order chi connectivity index (χ0) is 18.0. The van der Waals surface area contributed by atoms with Crippen molar-refractivity contribution in [2.45, 2.75) is 6.92 Å². The lowest BCUT2D eigenvalue weighted by Gasteiger charge is -2.11. The number of nitrogens with one attached hydrogen (secondary N) is 2. The van der Waals surface area contributed by atoms with Gasteiger partial charge in [-0.2, -0.15) is 0 Å². The Morgan fingerprint density at radius 2 is 1.67 bits per heavy atom. The normalized spacial score (nSPS) is 10.4. The minimum Gasteiger partial charge on any atom is -0.305 e. The lowest BCUT2D eigenvalue weighted by atomic mass is 10.2. The maximum atomic E-state index is 14.0. The van der Waals surface area contributed by atoms with E-state index in [9.17, 15) is 22.8 Å². The summed E-state index contributed by atoms with van der Waals surface area (Å²) < 4.78 is 40.9. The summed E-state index contributed by atoms with van der Waals surface area (Å²) in [6.45, 7) is 1.47. The molecular weight excluding hydrogens is 368 g/mol. The number of hydrogen-bond acceptors (Lipinski definition) is 2. The molecule has 3 amide bonds. The highest BCUT2D eigenvalue weighted by molar-refractivity contribution is 6.36. The number of urea groups is 1. The van der Waals surface area contributed by atoms with E-state index in [2.05, 4.69) is 0 Å². The average Bonchev–Trinajstić information content (AvgIpc) is 2.50. The zero-order valence-corrected chi connectivity index (χ0v) is 13.5. The van der Waals surface area contributed by atoms with Crippen LogP contribution in [0.4, 0.5) is 23.7 Å². The van der Waals surface area contributed by atoms with Crippen LogP contribution in [0.25, 0.3) is 0 Å². The predicted octanol–water partition coefficient (Wildman–Crippen LogP) is 4.68. The van der Waals surface area contributed by atoms with Gasteiger partial charge in [-0.15, -0.1) is 0 Å². The fraction of sp³-hybridized carbons (Fsp3) is 0.0667. The Balaban J connectivity index is 2.19. The molecule has 2 rings (SSSR count). The van der Waals surface area contributed by atoms with Gasteiger partial charge in [0.2, 0.25) is 0 Å². The van der Waals surface area contributed by atoms with E-state index >= 15 is 0 Å². The maximum Gasteiger partial charge on any atom is 0.326 e. The quantitative estimate of drug-likeness (QED) is 0.747. The van der Waals surface area contributed by atoms with E-state index in [0.29, 0.717) is 0 Å². The summed E-state index contributed by atoms with van der Waals surface area (Å²) >= 11 is 11.5. The Bertz CT molecular complexity index is 824. The zero-order valence-electron chi connectivity index (χ0n) is 12.0. The number of rotatable bonds is 2. The highest BCUT2D eigenvalue weighted by Crippen LogP contribution is 2.32. The van der Waals surface area contributed by atoms with Crippen molar-refractivity contribution >= 4 is 40.8 Å². The van der Waals surface area contributed by atoms with Crippen LogP contribution in [-0.2, 0) is 0 Å². The summed E-state index contributed by atoms with van der Waals surface area (Å²) in [4.78, 5) is 23.5. The fourth-order valence-corrected chi connectivity index (χ4v) is 2.27. The molecule has 0 fully saturated rings. The largest absolute Gasteiger partial charge is 0.326 e. The first-order valence-electron chi connectivity index (χ1n) is 6.42. The standard InChI is InChI=1S/C15H9Cl2F3N2O2/c1-6-7(16)5-10(13(20)12(6)17)21-15(24)22-14(23)11-8(18)3-2-4-9(11)19/h2-5H,1H3,(H2,21,22,23,24). The molecule has 9 heteroatoms. The first-order chi connectivity index (χ1) is 11.2. The number of imide groups is 1. The molecule has 0 aliphatic heterocycles. The molecule has 0 bridgehead atoms. The Labute approximate surface area is 144 Å². The molecule has 4 nitrogen and oxygen atoms in total. The van der Waals surface area contributed by atoms with Gasteiger partial charge in [0, 0.05) is 5.02 Å². The van der Waals surface area contributed by atoms with Crippen molar-refractivity contribution < 1.29 is 22.8 Å². The number of carbonyl (C=O) groups is 2. The van der Waals surface area contributed by atoms with Crippen molar-refractivity contribution in [3.05, 3.63) is 62.9 Å². The van der Waals surface area contributed by atoms with Crippen molar-refractivity contribution in [1.29, 1.82) is 0 Å². The van der Waals surface area contributed by atoms with Gasteiger partial charge >= 0.3 is 6.03 Å². The number of amides is 3. The molecule has 0 saturated heterocycles. The number of carbonyl (C=O) groups excluding carboxylic acids is 2. The number of hydrogen-bond donors (Lipinski definition) is 2. The molecular formula is C15H9Cl2F3N2O2. The first kappa shape index (κ1) is 18.1. The molecule has 24 heavy (non-hydrogen) atoms. The summed E-state index contributed by atoms with van der Waals surface area (Å²) in [5.74, 6) is -4.58. The molecule has 0 aromatic heterocycles.